The van der Waals surface area contributed by atoms with Crippen LogP contribution < -0.4 is 19.7 Å². The Balaban J connectivity index is 1.61. The van der Waals surface area contributed by atoms with Gasteiger partial charge in [0.05, 0.1) is 31.0 Å². The Hall–Kier alpha value is -3.00. The normalized spacial score (nSPS) is 24.7. The zero-order valence-electron chi connectivity index (χ0n) is 20.1. The number of ether oxygens (including phenoxy) is 2. The number of carbonyl (C=O) groups excluding carboxylic acids is 2. The highest BCUT2D eigenvalue weighted by atomic mass is 32.1. The number of aromatic nitrogens is 1. The van der Waals surface area contributed by atoms with E-state index in [2.05, 4.69) is 12.2 Å². The second-order valence-electron chi connectivity index (χ2n) is 9.58. The number of carbonyl (C=O) groups is 2. The van der Waals surface area contributed by atoms with E-state index in [0.29, 0.717) is 35.3 Å². The zero-order valence-corrected chi connectivity index (χ0v) is 20.9. The van der Waals surface area contributed by atoms with Crippen LogP contribution in [0.4, 0.5) is 5.69 Å². The van der Waals surface area contributed by atoms with Crippen LogP contribution in [0, 0.1) is 5.92 Å². The summed E-state index contributed by atoms with van der Waals surface area (Å²) in [6.45, 7) is 4.44. The van der Waals surface area contributed by atoms with Gasteiger partial charge in [0.2, 0.25) is 5.91 Å². The summed E-state index contributed by atoms with van der Waals surface area (Å²) in [7, 11) is 3.14. The molecule has 5 rings (SSSR count). The van der Waals surface area contributed by atoms with E-state index in [9.17, 15) is 9.59 Å². The minimum atomic E-state index is -1.12. The first-order chi connectivity index (χ1) is 16.4. The van der Waals surface area contributed by atoms with Crippen molar-refractivity contribution in [3.05, 3.63) is 41.4 Å². The molecular formula is C26H31N3O4S. The molecule has 0 saturated heterocycles. The van der Waals surface area contributed by atoms with E-state index in [1.165, 1.54) is 6.42 Å². The molecule has 1 aromatic carbocycles. The molecule has 0 unspecified atom stereocenters. The van der Waals surface area contributed by atoms with Gasteiger partial charge in [-0.1, -0.05) is 19.8 Å². The van der Waals surface area contributed by atoms with Crippen LogP contribution in [0.3, 0.4) is 0 Å². The van der Waals surface area contributed by atoms with Crippen LogP contribution in [0.5, 0.6) is 11.5 Å². The van der Waals surface area contributed by atoms with Gasteiger partial charge in [0.15, 0.2) is 11.5 Å². The van der Waals surface area contributed by atoms with Gasteiger partial charge in [-0.2, -0.15) is 0 Å². The molecule has 0 bridgehead atoms. The van der Waals surface area contributed by atoms with Crippen LogP contribution in [0.2, 0.25) is 0 Å². The van der Waals surface area contributed by atoms with Crippen LogP contribution in [-0.2, 0) is 11.3 Å². The molecule has 3 atom stereocenters. The highest BCUT2D eigenvalue weighted by molar-refractivity contribution is 7.17. The first-order valence-corrected chi connectivity index (χ1v) is 12.7. The van der Waals surface area contributed by atoms with Crippen molar-refractivity contribution in [3.63, 3.8) is 0 Å². The van der Waals surface area contributed by atoms with Gasteiger partial charge >= 0.3 is 0 Å². The largest absolute Gasteiger partial charge is 0.493 e. The van der Waals surface area contributed by atoms with Crippen molar-refractivity contribution in [1.29, 1.82) is 0 Å². The molecule has 3 aromatic rings. The summed E-state index contributed by atoms with van der Waals surface area (Å²) in [6, 6.07) is 9.42. The maximum Gasteiger partial charge on any atom is 0.275 e. The number of nitrogens with zero attached hydrogens (tertiary/aromatic N) is 2. The van der Waals surface area contributed by atoms with E-state index >= 15 is 0 Å². The number of benzene rings is 1. The Morgan fingerprint density at radius 1 is 1.12 bits per heavy atom. The van der Waals surface area contributed by atoms with Gasteiger partial charge in [-0.15, -0.1) is 11.3 Å². The molecule has 180 valence electrons. The molecule has 1 fully saturated rings. The van der Waals surface area contributed by atoms with Crippen molar-refractivity contribution < 1.29 is 19.1 Å². The van der Waals surface area contributed by atoms with Crippen LogP contribution in [0.1, 0.15) is 50.0 Å². The van der Waals surface area contributed by atoms with Crippen molar-refractivity contribution in [2.75, 3.05) is 19.1 Å². The van der Waals surface area contributed by atoms with Gasteiger partial charge in [0.25, 0.3) is 5.91 Å². The average Bonchev–Trinajstić information content (AvgIpc) is 3.43. The van der Waals surface area contributed by atoms with E-state index in [1.807, 2.05) is 35.1 Å². The number of hydrogen-bond donors (Lipinski definition) is 1. The minimum absolute atomic E-state index is 0.118. The Labute approximate surface area is 203 Å². The van der Waals surface area contributed by atoms with E-state index < -0.39 is 5.54 Å². The monoisotopic (exact) mass is 481 g/mol. The fourth-order valence-electron chi connectivity index (χ4n) is 5.44. The number of methoxy groups -OCH3 is 2. The fourth-order valence-corrected chi connectivity index (χ4v) is 6.26. The van der Waals surface area contributed by atoms with Crippen molar-refractivity contribution >= 4 is 39.1 Å². The average molecular weight is 482 g/mol. The second kappa shape index (κ2) is 8.65. The van der Waals surface area contributed by atoms with Gasteiger partial charge < -0.3 is 19.4 Å². The van der Waals surface area contributed by atoms with Gasteiger partial charge in [-0.25, -0.2) is 0 Å². The number of amides is 2. The first kappa shape index (κ1) is 22.8. The molecule has 3 heterocycles. The third kappa shape index (κ3) is 3.55. The maximum absolute atomic E-state index is 14.0. The Kier molecular flexibility index (Phi) is 5.80. The number of fused-ring (bicyclic) bond motifs is 3. The van der Waals surface area contributed by atoms with E-state index in [1.54, 1.807) is 42.6 Å². The number of rotatable bonds is 5. The lowest BCUT2D eigenvalue weighted by Gasteiger charge is -2.45. The summed E-state index contributed by atoms with van der Waals surface area (Å²) in [5.74, 6) is 1.18. The number of thiophene rings is 1. The predicted molar refractivity (Wildman–Crippen MR) is 134 cm³/mol. The Morgan fingerprint density at radius 3 is 2.62 bits per heavy atom. The number of nitrogens with one attached hydrogen (secondary N) is 1. The minimum Gasteiger partial charge on any atom is -0.493 e. The number of anilines is 1. The maximum atomic E-state index is 14.0. The van der Waals surface area contributed by atoms with Crippen molar-refractivity contribution in [1.82, 2.24) is 9.88 Å². The lowest BCUT2D eigenvalue weighted by atomic mass is 9.84. The van der Waals surface area contributed by atoms with Gasteiger partial charge in [-0.05, 0) is 55.3 Å². The van der Waals surface area contributed by atoms with E-state index in [-0.39, 0.29) is 17.9 Å². The van der Waals surface area contributed by atoms with Crippen LogP contribution >= 0.6 is 11.3 Å². The molecule has 1 aliphatic carbocycles. The summed E-state index contributed by atoms with van der Waals surface area (Å²) < 4.78 is 13.9. The molecule has 0 spiro atoms. The third-order valence-electron chi connectivity index (χ3n) is 7.45. The van der Waals surface area contributed by atoms with Crippen LogP contribution in [0.25, 0.3) is 10.2 Å². The van der Waals surface area contributed by atoms with Gasteiger partial charge in [-0.3, -0.25) is 14.5 Å². The lowest BCUT2D eigenvalue weighted by Crippen LogP contribution is -2.65. The van der Waals surface area contributed by atoms with Crippen molar-refractivity contribution in [3.8, 4) is 11.5 Å². The molecule has 0 radical (unpaired) electrons. The molecule has 2 amide bonds. The van der Waals surface area contributed by atoms with Crippen molar-refractivity contribution in [2.45, 2.75) is 57.7 Å². The summed E-state index contributed by atoms with van der Waals surface area (Å²) >= 11 is 1.60. The molecule has 34 heavy (non-hydrogen) atoms. The summed E-state index contributed by atoms with van der Waals surface area (Å²) in [6.07, 6.45) is 4.39. The standard InChI is InChI=1S/C26H31N3O4S/c1-16-7-5-6-8-18(16)27-25(31)26(2)15-28-19-11-12-34-23(19)14-20(28)24(30)29(26)17-9-10-21(32-3)22(13-17)33-4/h9-14,16,18H,5-8,15H2,1-4H3,(H,27,31)/t16-,18-,26-/m1/s1. The smallest absolute Gasteiger partial charge is 0.275 e. The first-order valence-electron chi connectivity index (χ1n) is 11.8. The summed E-state index contributed by atoms with van der Waals surface area (Å²) in [5, 5.41) is 5.33. The zero-order chi connectivity index (χ0) is 24.0. The predicted octanol–water partition coefficient (Wildman–Crippen LogP) is 4.83. The fraction of sp³-hybridized carbons (Fsp3) is 0.462. The third-order valence-corrected chi connectivity index (χ3v) is 8.30. The molecular weight excluding hydrogens is 450 g/mol. The van der Waals surface area contributed by atoms with Crippen molar-refractivity contribution in [2.24, 2.45) is 5.92 Å². The lowest BCUT2D eigenvalue weighted by molar-refractivity contribution is -0.127. The second-order valence-corrected chi connectivity index (χ2v) is 10.5. The van der Waals surface area contributed by atoms with Gasteiger partial charge in [0.1, 0.15) is 11.2 Å². The number of hydrogen-bond acceptors (Lipinski definition) is 5. The highest BCUT2D eigenvalue weighted by Gasteiger charge is 2.49. The van der Waals surface area contributed by atoms with Crippen LogP contribution in [-0.4, -0.2) is 42.2 Å². The molecule has 1 N–H and O–H groups in total. The molecule has 2 aliphatic rings. The summed E-state index contributed by atoms with van der Waals surface area (Å²) in [5.41, 5.74) is 1.07. The van der Waals surface area contributed by atoms with E-state index in [4.69, 9.17) is 9.47 Å². The molecule has 1 saturated carbocycles. The molecule has 1 aliphatic heterocycles. The van der Waals surface area contributed by atoms with Crippen LogP contribution in [0.15, 0.2) is 35.7 Å². The highest BCUT2D eigenvalue weighted by Crippen LogP contribution is 2.40. The Bertz CT molecular complexity index is 1250. The SMILES string of the molecule is COc1ccc(N2C(=O)c3cc4sccc4n3C[C@]2(C)C(=O)N[C@@H]2CCCC[C@H]2C)cc1OC. The topological polar surface area (TPSA) is 72.8 Å². The summed E-state index contributed by atoms with van der Waals surface area (Å²) in [4.78, 5) is 29.6. The van der Waals surface area contributed by atoms with E-state index in [0.717, 1.165) is 29.5 Å². The Morgan fingerprint density at radius 2 is 1.88 bits per heavy atom. The molecule has 8 heteroatoms. The molecule has 2 aromatic heterocycles. The molecule has 7 nitrogen and oxygen atoms in total. The van der Waals surface area contributed by atoms with Gasteiger partial charge in [0, 0.05) is 17.8 Å². The quantitative estimate of drug-likeness (QED) is 0.566.